The zero-order valence-corrected chi connectivity index (χ0v) is 9.17. The van der Waals surface area contributed by atoms with Gasteiger partial charge in [-0.05, 0) is 17.5 Å². The minimum Gasteiger partial charge on any atom is -0.370 e. The van der Waals surface area contributed by atoms with Crippen molar-refractivity contribution in [3.8, 4) is 0 Å². The lowest BCUT2D eigenvalue weighted by Crippen LogP contribution is -2.39. The minimum absolute atomic E-state index is 0.175. The first-order valence-electron chi connectivity index (χ1n) is 4.99. The summed E-state index contributed by atoms with van der Waals surface area (Å²) in [6.07, 6.45) is 0.996. The summed E-state index contributed by atoms with van der Waals surface area (Å²) in [5, 5.41) is 21.0. The Morgan fingerprint density at radius 3 is 2.53 bits per heavy atom. The Kier molecular flexibility index (Phi) is 4.27. The second-order valence-electron chi connectivity index (χ2n) is 3.56. The third-order valence-corrected chi connectivity index (χ3v) is 2.47. The maximum absolute atomic E-state index is 8.36. The van der Waals surface area contributed by atoms with E-state index >= 15 is 0 Å². The predicted octanol–water partition coefficient (Wildman–Crippen LogP) is 0.590. The molecule has 0 saturated heterocycles. The summed E-state index contributed by atoms with van der Waals surface area (Å²) in [7, 11) is 0. The summed E-state index contributed by atoms with van der Waals surface area (Å²) in [5.41, 5.74) is 8.12. The van der Waals surface area contributed by atoms with Crippen LogP contribution in [0.15, 0.2) is 24.3 Å². The Bertz CT molecular complexity index is 418. The van der Waals surface area contributed by atoms with Crippen molar-refractivity contribution in [2.75, 3.05) is 6.54 Å². The monoisotopic (exact) mass is 238 g/mol. The van der Waals surface area contributed by atoms with Crippen molar-refractivity contribution in [2.45, 2.75) is 13.0 Å². The number of nitrogens with one attached hydrogen (secondary N) is 1. The highest BCUT2D eigenvalue weighted by Crippen LogP contribution is 2.17. The zero-order valence-electron chi connectivity index (χ0n) is 9.17. The lowest BCUT2D eigenvalue weighted by Gasteiger charge is -2.28. The van der Waals surface area contributed by atoms with E-state index in [0.717, 1.165) is 19.5 Å². The molecular weight excluding hydrogens is 224 g/mol. The highest BCUT2D eigenvalue weighted by Gasteiger charge is 2.15. The van der Waals surface area contributed by atoms with E-state index in [1.54, 1.807) is 0 Å². The average Bonchev–Trinajstić information content (AvgIpc) is 2.27. The minimum atomic E-state index is -1.50. The molecule has 1 aliphatic rings. The number of nitrogens with two attached hydrogens (primary N) is 1. The molecule has 1 aromatic carbocycles. The van der Waals surface area contributed by atoms with Crippen molar-refractivity contribution >= 4 is 5.96 Å². The summed E-state index contributed by atoms with van der Waals surface area (Å²) in [4.78, 5) is 10.3. The van der Waals surface area contributed by atoms with Crippen LogP contribution in [0, 0.1) is 15.5 Å². The van der Waals surface area contributed by atoms with Gasteiger partial charge in [0.05, 0.1) is 0 Å². The highest BCUT2D eigenvalue weighted by molar-refractivity contribution is 5.74. The van der Waals surface area contributed by atoms with Crippen molar-refractivity contribution in [2.24, 2.45) is 5.73 Å². The average molecular weight is 238 g/mol. The van der Waals surface area contributed by atoms with Crippen LogP contribution in [-0.4, -0.2) is 27.7 Å². The zero-order chi connectivity index (χ0) is 12.8. The molecule has 0 bridgehead atoms. The molecule has 92 valence electrons. The highest BCUT2D eigenvalue weighted by atomic mass is 16.9. The van der Waals surface area contributed by atoms with Gasteiger partial charge in [-0.25, -0.2) is 0 Å². The second-order valence-corrected chi connectivity index (χ2v) is 3.56. The smallest absolute Gasteiger partial charge is 0.291 e. The maximum atomic E-state index is 8.36. The largest absolute Gasteiger partial charge is 0.370 e. The number of guanidine groups is 1. The normalized spacial score (nSPS) is 13.1. The van der Waals surface area contributed by atoms with Crippen LogP contribution in [0.1, 0.15) is 11.1 Å². The van der Waals surface area contributed by atoms with Gasteiger partial charge < -0.3 is 15.8 Å². The third-order valence-electron chi connectivity index (χ3n) is 2.47. The second kappa shape index (κ2) is 5.69. The molecule has 0 saturated carbocycles. The lowest BCUT2D eigenvalue weighted by atomic mass is 10.0. The van der Waals surface area contributed by atoms with Gasteiger partial charge in [0.2, 0.25) is 0 Å². The fraction of sp³-hybridized carbons (Fsp3) is 0.300. The van der Waals surface area contributed by atoms with Gasteiger partial charge in [-0.3, -0.25) is 5.41 Å². The van der Waals surface area contributed by atoms with Crippen LogP contribution in [0.4, 0.5) is 0 Å². The molecule has 7 nitrogen and oxygen atoms in total. The molecule has 0 fully saturated rings. The molecule has 0 spiro atoms. The third kappa shape index (κ3) is 3.98. The van der Waals surface area contributed by atoms with Gasteiger partial charge in [-0.2, -0.15) is 0 Å². The number of rotatable bonds is 0. The molecule has 7 heteroatoms. The van der Waals surface area contributed by atoms with E-state index < -0.39 is 5.09 Å². The fourth-order valence-corrected chi connectivity index (χ4v) is 1.70. The van der Waals surface area contributed by atoms with Crippen molar-refractivity contribution in [3.05, 3.63) is 45.5 Å². The molecule has 0 radical (unpaired) electrons. The number of nitrogens with zero attached hydrogens (tertiary/aromatic N) is 2. The fourth-order valence-electron chi connectivity index (χ4n) is 1.70. The van der Waals surface area contributed by atoms with Crippen LogP contribution in [0.2, 0.25) is 0 Å². The van der Waals surface area contributed by atoms with Crippen molar-refractivity contribution in [1.29, 1.82) is 5.41 Å². The summed E-state index contributed by atoms with van der Waals surface area (Å²) in [5.74, 6) is 0.175. The van der Waals surface area contributed by atoms with Gasteiger partial charge in [-0.15, -0.1) is 10.1 Å². The van der Waals surface area contributed by atoms with Crippen LogP contribution in [0.5, 0.6) is 0 Å². The Morgan fingerprint density at radius 2 is 2.00 bits per heavy atom. The first-order chi connectivity index (χ1) is 8.00. The number of benzene rings is 1. The molecule has 2 rings (SSSR count). The summed E-state index contributed by atoms with van der Waals surface area (Å²) >= 11 is 0. The van der Waals surface area contributed by atoms with Crippen LogP contribution in [0.25, 0.3) is 0 Å². The standard InChI is InChI=1S/C10H13N3.HNO3/c11-10(12)13-6-5-8-3-1-2-4-9(8)7-13;2-1(3)4/h1-4H,5-7H2,(H3,11,12);(H,2,3,4). The maximum Gasteiger partial charge on any atom is 0.291 e. The molecule has 0 aromatic heterocycles. The molecule has 1 aliphatic heterocycles. The van der Waals surface area contributed by atoms with Crippen molar-refractivity contribution in [1.82, 2.24) is 4.90 Å². The number of hydrogen-bond acceptors (Lipinski definition) is 3. The summed E-state index contributed by atoms with van der Waals surface area (Å²) in [6.45, 7) is 1.65. The molecule has 0 atom stereocenters. The summed E-state index contributed by atoms with van der Waals surface area (Å²) in [6, 6.07) is 8.34. The molecule has 17 heavy (non-hydrogen) atoms. The molecule has 0 unspecified atom stereocenters. The van der Waals surface area contributed by atoms with Crippen molar-refractivity contribution < 1.29 is 10.3 Å². The van der Waals surface area contributed by atoms with E-state index in [4.69, 9.17) is 26.5 Å². The Balaban J connectivity index is 0.000000317. The first-order valence-corrected chi connectivity index (χ1v) is 4.99. The SMILES string of the molecule is N=C(N)N1CCc2ccccc2C1.O=[N+]([O-])O. The van der Waals surface area contributed by atoms with E-state index in [2.05, 4.69) is 18.2 Å². The molecule has 0 amide bonds. The van der Waals surface area contributed by atoms with Gasteiger partial charge >= 0.3 is 0 Å². The first kappa shape index (κ1) is 12.8. The Morgan fingerprint density at radius 1 is 1.47 bits per heavy atom. The van der Waals surface area contributed by atoms with E-state index in [-0.39, 0.29) is 5.96 Å². The van der Waals surface area contributed by atoms with E-state index in [1.165, 1.54) is 11.1 Å². The van der Waals surface area contributed by atoms with Gasteiger partial charge in [-0.1, -0.05) is 24.3 Å². The summed E-state index contributed by atoms with van der Waals surface area (Å²) < 4.78 is 0. The Hall–Kier alpha value is -2.31. The predicted molar refractivity (Wildman–Crippen MR) is 61.3 cm³/mol. The Labute approximate surface area is 98.1 Å². The van der Waals surface area contributed by atoms with Gasteiger partial charge in [0.1, 0.15) is 0 Å². The van der Waals surface area contributed by atoms with Gasteiger partial charge in [0, 0.05) is 13.1 Å². The van der Waals surface area contributed by atoms with Crippen LogP contribution in [0.3, 0.4) is 0 Å². The number of hydrogen-bond donors (Lipinski definition) is 3. The molecule has 4 N–H and O–H groups in total. The lowest BCUT2D eigenvalue weighted by molar-refractivity contribution is -0.742. The van der Waals surface area contributed by atoms with Crippen LogP contribution < -0.4 is 5.73 Å². The van der Waals surface area contributed by atoms with E-state index in [9.17, 15) is 0 Å². The van der Waals surface area contributed by atoms with E-state index in [0.29, 0.717) is 0 Å². The van der Waals surface area contributed by atoms with Crippen LogP contribution in [-0.2, 0) is 13.0 Å². The molecular formula is C10H14N4O3. The van der Waals surface area contributed by atoms with E-state index in [1.807, 2.05) is 11.0 Å². The number of fused-ring (bicyclic) bond motifs is 1. The van der Waals surface area contributed by atoms with Gasteiger partial charge in [0.15, 0.2) is 5.96 Å². The topological polar surface area (TPSA) is 116 Å². The van der Waals surface area contributed by atoms with Crippen molar-refractivity contribution in [3.63, 3.8) is 0 Å². The quantitative estimate of drug-likeness (QED) is 0.265. The van der Waals surface area contributed by atoms with Crippen LogP contribution >= 0.6 is 0 Å². The molecule has 0 aliphatic carbocycles. The van der Waals surface area contributed by atoms with Gasteiger partial charge in [0.25, 0.3) is 5.09 Å². The molecule has 1 heterocycles. The molecule has 1 aromatic rings.